The molecule has 0 aliphatic heterocycles. The first-order valence-electron chi connectivity index (χ1n) is 7.63. The monoisotopic (exact) mass is 315 g/mol. The second kappa shape index (κ2) is 8.17. The van der Waals surface area contributed by atoms with E-state index >= 15 is 0 Å². The molecule has 0 aliphatic rings. The molecule has 0 fully saturated rings. The lowest BCUT2D eigenvalue weighted by Gasteiger charge is -2.19. The van der Waals surface area contributed by atoms with Crippen LogP contribution in [0.1, 0.15) is 12.0 Å². The summed E-state index contributed by atoms with van der Waals surface area (Å²) in [6.07, 6.45) is 0.835. The summed E-state index contributed by atoms with van der Waals surface area (Å²) in [4.78, 5) is 13.9. The average molecular weight is 315 g/mol. The topological polar surface area (TPSA) is 44.4 Å². The number of amides is 2. The van der Waals surface area contributed by atoms with E-state index in [0.29, 0.717) is 17.8 Å². The lowest BCUT2D eigenvalue weighted by atomic mass is 10.2. The van der Waals surface area contributed by atoms with Gasteiger partial charge in [-0.15, -0.1) is 0 Å². The van der Waals surface area contributed by atoms with Crippen LogP contribution in [0.4, 0.5) is 20.6 Å². The molecular weight excluding hydrogens is 293 g/mol. The molecule has 2 amide bonds. The standard InChI is InChI=1S/C18H22FN3O/c1-14-13-15(9-10-17(14)19)21-18(23)20-11-6-12-22(2)16-7-4-3-5-8-16/h3-5,7-10,13H,6,11-12H2,1-2H3,(H2,20,21,23). The van der Waals surface area contributed by atoms with Crippen LogP contribution in [0.5, 0.6) is 0 Å². The van der Waals surface area contributed by atoms with Crippen molar-refractivity contribution < 1.29 is 9.18 Å². The predicted octanol–water partition coefficient (Wildman–Crippen LogP) is 3.78. The van der Waals surface area contributed by atoms with Crippen molar-refractivity contribution in [1.82, 2.24) is 5.32 Å². The Morgan fingerprint density at radius 1 is 1.17 bits per heavy atom. The molecule has 2 N–H and O–H groups in total. The van der Waals surface area contributed by atoms with Gasteiger partial charge in [-0.05, 0) is 49.2 Å². The second-order valence-corrected chi connectivity index (χ2v) is 5.46. The molecule has 0 saturated heterocycles. The van der Waals surface area contributed by atoms with E-state index in [9.17, 15) is 9.18 Å². The van der Waals surface area contributed by atoms with E-state index in [0.717, 1.165) is 18.7 Å². The molecule has 0 unspecified atom stereocenters. The maximum absolute atomic E-state index is 13.2. The number of aryl methyl sites for hydroxylation is 1. The quantitative estimate of drug-likeness (QED) is 0.797. The second-order valence-electron chi connectivity index (χ2n) is 5.46. The van der Waals surface area contributed by atoms with Crippen molar-refractivity contribution in [3.05, 3.63) is 59.9 Å². The number of para-hydroxylation sites is 1. The van der Waals surface area contributed by atoms with Crippen molar-refractivity contribution in [2.75, 3.05) is 30.4 Å². The minimum absolute atomic E-state index is 0.278. The lowest BCUT2D eigenvalue weighted by Crippen LogP contribution is -2.31. The maximum atomic E-state index is 13.2. The van der Waals surface area contributed by atoms with Crippen LogP contribution in [0.2, 0.25) is 0 Å². The Labute approximate surface area is 136 Å². The fourth-order valence-electron chi connectivity index (χ4n) is 2.23. The molecule has 2 aromatic carbocycles. The van der Waals surface area contributed by atoms with E-state index in [4.69, 9.17) is 0 Å². The van der Waals surface area contributed by atoms with Gasteiger partial charge in [0, 0.05) is 31.5 Å². The van der Waals surface area contributed by atoms with Gasteiger partial charge in [-0.2, -0.15) is 0 Å². The number of rotatable bonds is 6. The molecule has 0 bridgehead atoms. The van der Waals surface area contributed by atoms with Crippen LogP contribution in [0.25, 0.3) is 0 Å². The third-order valence-electron chi connectivity index (χ3n) is 3.57. The molecule has 23 heavy (non-hydrogen) atoms. The first kappa shape index (κ1) is 16.8. The predicted molar refractivity (Wildman–Crippen MR) is 92.5 cm³/mol. The molecule has 0 radical (unpaired) electrons. The van der Waals surface area contributed by atoms with E-state index in [2.05, 4.69) is 27.7 Å². The van der Waals surface area contributed by atoms with Crippen molar-refractivity contribution in [3.8, 4) is 0 Å². The number of halogens is 1. The molecule has 0 saturated carbocycles. The molecule has 0 aromatic heterocycles. The van der Waals surface area contributed by atoms with Crippen LogP contribution >= 0.6 is 0 Å². The van der Waals surface area contributed by atoms with Crippen molar-refractivity contribution >= 4 is 17.4 Å². The molecule has 4 nitrogen and oxygen atoms in total. The highest BCUT2D eigenvalue weighted by Crippen LogP contribution is 2.13. The molecule has 0 spiro atoms. The van der Waals surface area contributed by atoms with Gasteiger partial charge in [-0.3, -0.25) is 0 Å². The number of anilines is 2. The Hall–Kier alpha value is -2.56. The molecule has 2 rings (SSSR count). The molecule has 0 aliphatic carbocycles. The number of nitrogens with zero attached hydrogens (tertiary/aromatic N) is 1. The summed E-state index contributed by atoms with van der Waals surface area (Å²) >= 11 is 0. The molecule has 0 atom stereocenters. The zero-order valence-corrected chi connectivity index (χ0v) is 13.5. The Morgan fingerprint density at radius 3 is 2.61 bits per heavy atom. The van der Waals surface area contributed by atoms with Gasteiger partial charge in [0.15, 0.2) is 0 Å². The van der Waals surface area contributed by atoms with Gasteiger partial charge in [-0.1, -0.05) is 18.2 Å². The fraction of sp³-hybridized carbons (Fsp3) is 0.278. The van der Waals surface area contributed by atoms with Crippen molar-refractivity contribution in [2.24, 2.45) is 0 Å². The van der Waals surface area contributed by atoms with Crippen LogP contribution in [0.3, 0.4) is 0 Å². The summed E-state index contributed by atoms with van der Waals surface area (Å²) in [6.45, 7) is 3.08. The number of carbonyl (C=O) groups is 1. The van der Waals surface area contributed by atoms with Crippen molar-refractivity contribution in [2.45, 2.75) is 13.3 Å². The Morgan fingerprint density at radius 2 is 1.91 bits per heavy atom. The minimum Gasteiger partial charge on any atom is -0.375 e. The first-order valence-corrected chi connectivity index (χ1v) is 7.63. The fourth-order valence-corrected chi connectivity index (χ4v) is 2.23. The van der Waals surface area contributed by atoms with Gasteiger partial charge in [0.2, 0.25) is 0 Å². The van der Waals surface area contributed by atoms with Crippen LogP contribution in [0, 0.1) is 12.7 Å². The van der Waals surface area contributed by atoms with Crippen LogP contribution in [-0.4, -0.2) is 26.2 Å². The summed E-state index contributed by atoms with van der Waals surface area (Å²) in [5.74, 6) is -0.278. The van der Waals surface area contributed by atoms with E-state index < -0.39 is 0 Å². The Bertz CT molecular complexity index is 646. The van der Waals surface area contributed by atoms with Crippen molar-refractivity contribution in [1.29, 1.82) is 0 Å². The molecular formula is C18H22FN3O. The summed E-state index contributed by atoms with van der Waals surface area (Å²) in [6, 6.07) is 14.3. The number of urea groups is 1. The summed E-state index contributed by atoms with van der Waals surface area (Å²) in [7, 11) is 2.02. The van der Waals surface area contributed by atoms with E-state index in [1.54, 1.807) is 19.1 Å². The SMILES string of the molecule is Cc1cc(NC(=O)NCCCN(C)c2ccccc2)ccc1F. The van der Waals surface area contributed by atoms with E-state index in [1.165, 1.54) is 6.07 Å². The summed E-state index contributed by atoms with van der Waals surface area (Å²) < 4.78 is 13.2. The van der Waals surface area contributed by atoms with Crippen LogP contribution in [-0.2, 0) is 0 Å². The zero-order chi connectivity index (χ0) is 16.7. The van der Waals surface area contributed by atoms with Gasteiger partial charge in [0.25, 0.3) is 0 Å². The van der Waals surface area contributed by atoms with Gasteiger partial charge in [-0.25, -0.2) is 9.18 Å². The molecule has 122 valence electrons. The highest BCUT2D eigenvalue weighted by Gasteiger charge is 2.04. The number of carbonyl (C=O) groups excluding carboxylic acids is 1. The molecule has 2 aromatic rings. The highest BCUT2D eigenvalue weighted by atomic mass is 19.1. The molecule has 0 heterocycles. The van der Waals surface area contributed by atoms with Gasteiger partial charge in [0.1, 0.15) is 5.82 Å². The normalized spacial score (nSPS) is 10.2. The lowest BCUT2D eigenvalue weighted by molar-refractivity contribution is 0.252. The average Bonchev–Trinajstić information content (AvgIpc) is 2.55. The van der Waals surface area contributed by atoms with Gasteiger partial charge in [0.05, 0.1) is 0 Å². The zero-order valence-electron chi connectivity index (χ0n) is 13.5. The highest BCUT2D eigenvalue weighted by molar-refractivity contribution is 5.89. The van der Waals surface area contributed by atoms with Gasteiger partial charge >= 0.3 is 6.03 Å². The van der Waals surface area contributed by atoms with Crippen molar-refractivity contribution in [3.63, 3.8) is 0 Å². The third-order valence-corrected chi connectivity index (χ3v) is 3.57. The summed E-state index contributed by atoms with van der Waals surface area (Å²) in [5, 5.41) is 5.50. The largest absolute Gasteiger partial charge is 0.375 e. The summed E-state index contributed by atoms with van der Waals surface area (Å²) in [5.41, 5.74) is 2.24. The molecule has 5 heteroatoms. The first-order chi connectivity index (χ1) is 11.1. The van der Waals surface area contributed by atoms with Crippen LogP contribution in [0.15, 0.2) is 48.5 Å². The van der Waals surface area contributed by atoms with Crippen LogP contribution < -0.4 is 15.5 Å². The van der Waals surface area contributed by atoms with Gasteiger partial charge < -0.3 is 15.5 Å². The Kier molecular flexibility index (Phi) is 5.97. The van der Waals surface area contributed by atoms with E-state index in [1.807, 2.05) is 25.2 Å². The number of hydrogen-bond donors (Lipinski definition) is 2. The smallest absolute Gasteiger partial charge is 0.319 e. The minimum atomic E-state index is -0.279. The maximum Gasteiger partial charge on any atom is 0.319 e. The van der Waals surface area contributed by atoms with E-state index in [-0.39, 0.29) is 11.8 Å². The Balaban J connectivity index is 1.69. The number of hydrogen-bond acceptors (Lipinski definition) is 2. The third kappa shape index (κ3) is 5.29. The number of nitrogens with one attached hydrogen (secondary N) is 2. The number of benzene rings is 2.